The van der Waals surface area contributed by atoms with Gasteiger partial charge in [0.2, 0.25) is 0 Å². The van der Waals surface area contributed by atoms with Crippen LogP contribution in [0.2, 0.25) is 0 Å². The predicted octanol–water partition coefficient (Wildman–Crippen LogP) is -0.499. The van der Waals surface area contributed by atoms with Crippen LogP contribution in [0.5, 0.6) is 0 Å². The molecule has 0 aliphatic heterocycles. The molecule has 1 unspecified atom stereocenters. The van der Waals surface area contributed by atoms with Gasteiger partial charge in [-0.3, -0.25) is 0 Å². The Morgan fingerprint density at radius 2 is 2.12 bits per heavy atom. The average molecular weight is 115 g/mol. The number of nitriles is 1. The van der Waals surface area contributed by atoms with Gasteiger partial charge in [-0.25, -0.2) is 0 Å². The SMILES string of the molecule is N#CC(CO)CCO. The molecule has 46 valence electrons. The van der Waals surface area contributed by atoms with E-state index in [9.17, 15) is 0 Å². The van der Waals surface area contributed by atoms with Crippen LogP contribution in [0.3, 0.4) is 0 Å². The first-order chi connectivity index (χ1) is 3.85. The van der Waals surface area contributed by atoms with E-state index in [4.69, 9.17) is 15.5 Å². The van der Waals surface area contributed by atoms with Gasteiger partial charge in [0.25, 0.3) is 0 Å². The summed E-state index contributed by atoms with van der Waals surface area (Å²) < 4.78 is 0. The smallest absolute Gasteiger partial charge is 0.0716 e. The standard InChI is InChI=1S/C5H9NO2/c6-3-5(4-8)1-2-7/h5,7-8H,1-2,4H2. The molecule has 3 heteroatoms. The Morgan fingerprint density at radius 1 is 1.50 bits per heavy atom. The van der Waals surface area contributed by atoms with Crippen LogP contribution in [-0.2, 0) is 0 Å². The summed E-state index contributed by atoms with van der Waals surface area (Å²) in [5.74, 6) is -0.389. The summed E-state index contributed by atoms with van der Waals surface area (Å²) in [6, 6.07) is 1.84. The van der Waals surface area contributed by atoms with Crippen molar-refractivity contribution in [2.45, 2.75) is 6.42 Å². The van der Waals surface area contributed by atoms with Crippen LogP contribution < -0.4 is 0 Å². The predicted molar refractivity (Wildman–Crippen MR) is 27.9 cm³/mol. The highest BCUT2D eigenvalue weighted by atomic mass is 16.3. The molecule has 0 aromatic heterocycles. The highest BCUT2D eigenvalue weighted by molar-refractivity contribution is 4.81. The molecule has 0 bridgehead atoms. The molecule has 0 heterocycles. The minimum atomic E-state index is -0.389. The largest absolute Gasteiger partial charge is 0.396 e. The van der Waals surface area contributed by atoms with Crippen LogP contribution in [0.25, 0.3) is 0 Å². The number of nitrogens with zero attached hydrogens (tertiary/aromatic N) is 1. The van der Waals surface area contributed by atoms with E-state index in [1.54, 1.807) is 0 Å². The van der Waals surface area contributed by atoms with Crippen molar-refractivity contribution >= 4 is 0 Å². The van der Waals surface area contributed by atoms with Crippen LogP contribution in [0.1, 0.15) is 6.42 Å². The van der Waals surface area contributed by atoms with E-state index >= 15 is 0 Å². The lowest BCUT2D eigenvalue weighted by atomic mass is 10.1. The molecule has 0 amide bonds. The molecule has 1 atom stereocenters. The lowest BCUT2D eigenvalue weighted by molar-refractivity contribution is 0.211. The Morgan fingerprint density at radius 3 is 2.25 bits per heavy atom. The maximum absolute atomic E-state index is 8.32. The van der Waals surface area contributed by atoms with Crippen LogP contribution in [0, 0.1) is 17.2 Å². The highest BCUT2D eigenvalue weighted by Gasteiger charge is 2.01. The Kier molecular flexibility index (Phi) is 4.23. The zero-order chi connectivity index (χ0) is 6.41. The lowest BCUT2D eigenvalue weighted by Gasteiger charge is -1.98. The van der Waals surface area contributed by atoms with Crippen molar-refractivity contribution < 1.29 is 10.2 Å². The second kappa shape index (κ2) is 4.57. The van der Waals surface area contributed by atoms with E-state index in [2.05, 4.69) is 0 Å². The number of aliphatic hydroxyl groups is 2. The van der Waals surface area contributed by atoms with E-state index in [0.29, 0.717) is 6.42 Å². The molecule has 0 aliphatic rings. The van der Waals surface area contributed by atoms with Gasteiger partial charge in [0.15, 0.2) is 0 Å². The van der Waals surface area contributed by atoms with Crippen LogP contribution >= 0.6 is 0 Å². The summed E-state index contributed by atoms with van der Waals surface area (Å²) in [7, 11) is 0. The van der Waals surface area contributed by atoms with Gasteiger partial charge < -0.3 is 10.2 Å². The van der Waals surface area contributed by atoms with Gasteiger partial charge >= 0.3 is 0 Å². The molecule has 0 saturated heterocycles. The van der Waals surface area contributed by atoms with Crippen molar-refractivity contribution in [1.82, 2.24) is 0 Å². The summed E-state index contributed by atoms with van der Waals surface area (Å²) in [5, 5.41) is 24.7. The molecule has 0 radical (unpaired) electrons. The Labute approximate surface area is 48.2 Å². The van der Waals surface area contributed by atoms with Gasteiger partial charge in [0, 0.05) is 6.61 Å². The number of aliphatic hydroxyl groups excluding tert-OH is 2. The van der Waals surface area contributed by atoms with Crippen molar-refractivity contribution in [3.63, 3.8) is 0 Å². The van der Waals surface area contributed by atoms with Crippen molar-refractivity contribution in [1.29, 1.82) is 5.26 Å². The summed E-state index contributed by atoms with van der Waals surface area (Å²) >= 11 is 0. The number of hydrogen-bond acceptors (Lipinski definition) is 3. The summed E-state index contributed by atoms with van der Waals surface area (Å²) in [4.78, 5) is 0. The van der Waals surface area contributed by atoms with Crippen LogP contribution in [0.4, 0.5) is 0 Å². The maximum Gasteiger partial charge on any atom is 0.0716 e. The van der Waals surface area contributed by atoms with E-state index < -0.39 is 0 Å². The third-order valence-electron chi connectivity index (χ3n) is 0.881. The first-order valence-electron chi connectivity index (χ1n) is 2.46. The third kappa shape index (κ3) is 2.56. The normalized spacial score (nSPS) is 12.6. The van der Waals surface area contributed by atoms with E-state index in [0.717, 1.165) is 0 Å². The topological polar surface area (TPSA) is 64.2 Å². The zero-order valence-corrected chi connectivity index (χ0v) is 4.54. The Bertz CT molecular complexity index is 86.9. The molecule has 0 fully saturated rings. The lowest BCUT2D eigenvalue weighted by Crippen LogP contribution is -2.04. The zero-order valence-electron chi connectivity index (χ0n) is 4.54. The Hall–Kier alpha value is -0.590. The molecule has 8 heavy (non-hydrogen) atoms. The monoisotopic (exact) mass is 115 g/mol. The Balaban J connectivity index is 3.26. The van der Waals surface area contributed by atoms with E-state index in [-0.39, 0.29) is 19.1 Å². The highest BCUT2D eigenvalue weighted by Crippen LogP contribution is 1.96. The van der Waals surface area contributed by atoms with Crippen LogP contribution in [0.15, 0.2) is 0 Å². The molecule has 0 aromatic carbocycles. The molecule has 3 nitrogen and oxygen atoms in total. The summed E-state index contributed by atoms with van der Waals surface area (Å²) in [6.45, 7) is -0.185. The molecule has 0 aromatic rings. The van der Waals surface area contributed by atoms with Gasteiger partial charge in [-0.2, -0.15) is 5.26 Å². The molecular weight excluding hydrogens is 106 g/mol. The first kappa shape index (κ1) is 7.41. The third-order valence-corrected chi connectivity index (χ3v) is 0.881. The van der Waals surface area contributed by atoms with Gasteiger partial charge in [0.1, 0.15) is 0 Å². The second-order valence-corrected chi connectivity index (χ2v) is 1.52. The fraction of sp³-hybridized carbons (Fsp3) is 0.800. The van der Waals surface area contributed by atoms with Crippen LogP contribution in [-0.4, -0.2) is 23.4 Å². The van der Waals surface area contributed by atoms with Gasteiger partial charge in [0.05, 0.1) is 18.6 Å². The minimum Gasteiger partial charge on any atom is -0.396 e. The van der Waals surface area contributed by atoms with Crippen molar-refractivity contribution in [2.75, 3.05) is 13.2 Å². The molecule has 0 rings (SSSR count). The molecule has 2 N–H and O–H groups in total. The van der Waals surface area contributed by atoms with Gasteiger partial charge in [-0.1, -0.05) is 0 Å². The van der Waals surface area contributed by atoms with Gasteiger partial charge in [-0.05, 0) is 6.42 Å². The average Bonchev–Trinajstić information content (AvgIpc) is 1.83. The maximum atomic E-state index is 8.32. The molecular formula is C5H9NO2. The molecule has 0 spiro atoms. The minimum absolute atomic E-state index is 0.0290. The summed E-state index contributed by atoms with van der Waals surface area (Å²) in [5.41, 5.74) is 0. The molecule has 0 aliphatic carbocycles. The fourth-order valence-corrected chi connectivity index (χ4v) is 0.352. The van der Waals surface area contributed by atoms with Crippen molar-refractivity contribution in [3.8, 4) is 6.07 Å². The second-order valence-electron chi connectivity index (χ2n) is 1.52. The van der Waals surface area contributed by atoms with E-state index in [1.807, 2.05) is 6.07 Å². The quantitative estimate of drug-likeness (QED) is 0.521. The van der Waals surface area contributed by atoms with Crippen molar-refractivity contribution in [3.05, 3.63) is 0 Å². The summed E-state index contributed by atoms with van der Waals surface area (Å²) in [6.07, 6.45) is 0.368. The number of rotatable bonds is 3. The molecule has 0 saturated carbocycles. The van der Waals surface area contributed by atoms with Gasteiger partial charge in [-0.15, -0.1) is 0 Å². The fourth-order valence-electron chi connectivity index (χ4n) is 0.352. The van der Waals surface area contributed by atoms with Crippen molar-refractivity contribution in [2.24, 2.45) is 5.92 Å². The van der Waals surface area contributed by atoms with E-state index in [1.165, 1.54) is 0 Å². The number of hydrogen-bond donors (Lipinski definition) is 2. The first-order valence-corrected chi connectivity index (χ1v) is 2.46.